The van der Waals surface area contributed by atoms with Gasteiger partial charge in [0.2, 0.25) is 11.8 Å². The van der Waals surface area contributed by atoms with Crippen molar-refractivity contribution in [3.8, 4) is 0 Å². The van der Waals surface area contributed by atoms with Gasteiger partial charge in [-0.1, -0.05) is 58.0 Å². The van der Waals surface area contributed by atoms with Crippen LogP contribution in [0.4, 0.5) is 11.4 Å². The van der Waals surface area contributed by atoms with Crippen molar-refractivity contribution in [2.75, 3.05) is 16.8 Å². The second-order valence-electron chi connectivity index (χ2n) is 7.88. The number of rotatable bonds is 7. The minimum Gasteiger partial charge on any atom is -0.324 e. The Morgan fingerprint density at radius 1 is 0.897 bits per heavy atom. The van der Waals surface area contributed by atoms with Crippen LogP contribution in [0.5, 0.6) is 0 Å². The fourth-order valence-corrected chi connectivity index (χ4v) is 3.30. The minimum atomic E-state index is -0.275. The number of nitrogens with zero attached hydrogens (tertiary/aromatic N) is 1. The largest absolute Gasteiger partial charge is 0.324 e. The molecule has 0 aliphatic heterocycles. The molecule has 0 aromatic heterocycles. The van der Waals surface area contributed by atoms with E-state index in [2.05, 4.69) is 33.0 Å². The maximum absolute atomic E-state index is 12.9. The smallest absolute Gasteiger partial charge is 0.244 e. The zero-order chi connectivity index (χ0) is 21.7. The second kappa shape index (κ2) is 9.50. The van der Waals surface area contributed by atoms with Crippen molar-refractivity contribution in [3.05, 3.63) is 59.2 Å². The number of para-hydroxylation sites is 1. The van der Waals surface area contributed by atoms with Crippen molar-refractivity contribution < 1.29 is 14.4 Å². The number of hydrogen-bond acceptors (Lipinski definition) is 3. The Labute approximate surface area is 173 Å². The SMILES string of the molecule is CC(=O)c1cccc(N(CC(=O)Nc2c(C(C)C)cccc2C(C)C)C(C)=O)c1. The molecular formula is C24H30N2O3. The molecule has 0 aliphatic carbocycles. The van der Waals surface area contributed by atoms with Gasteiger partial charge in [0.1, 0.15) is 6.54 Å². The van der Waals surface area contributed by atoms with Crippen molar-refractivity contribution in [1.29, 1.82) is 0 Å². The molecule has 5 nitrogen and oxygen atoms in total. The van der Waals surface area contributed by atoms with Crippen molar-refractivity contribution in [2.24, 2.45) is 0 Å². The highest BCUT2D eigenvalue weighted by atomic mass is 16.2. The molecule has 0 radical (unpaired) electrons. The van der Waals surface area contributed by atoms with Crippen LogP contribution in [0.15, 0.2) is 42.5 Å². The molecule has 29 heavy (non-hydrogen) atoms. The van der Waals surface area contributed by atoms with Gasteiger partial charge in [0.05, 0.1) is 0 Å². The van der Waals surface area contributed by atoms with E-state index in [1.165, 1.54) is 18.7 Å². The number of carbonyl (C=O) groups excluding carboxylic acids is 3. The lowest BCUT2D eigenvalue weighted by atomic mass is 9.92. The van der Waals surface area contributed by atoms with Gasteiger partial charge in [-0.3, -0.25) is 14.4 Å². The van der Waals surface area contributed by atoms with Crippen LogP contribution in [-0.4, -0.2) is 24.1 Å². The number of nitrogens with one attached hydrogen (secondary N) is 1. The summed E-state index contributed by atoms with van der Waals surface area (Å²) >= 11 is 0. The maximum Gasteiger partial charge on any atom is 0.244 e. The predicted octanol–water partition coefficient (Wildman–Crippen LogP) is 5.13. The fourth-order valence-electron chi connectivity index (χ4n) is 3.30. The summed E-state index contributed by atoms with van der Waals surface area (Å²) in [5.41, 5.74) is 3.99. The van der Waals surface area contributed by atoms with E-state index < -0.39 is 0 Å². The topological polar surface area (TPSA) is 66.5 Å². The molecule has 2 rings (SSSR count). The molecule has 0 saturated carbocycles. The van der Waals surface area contributed by atoms with Crippen molar-refractivity contribution in [1.82, 2.24) is 0 Å². The predicted molar refractivity (Wildman–Crippen MR) is 118 cm³/mol. The highest BCUT2D eigenvalue weighted by Gasteiger charge is 2.20. The van der Waals surface area contributed by atoms with E-state index >= 15 is 0 Å². The van der Waals surface area contributed by atoms with E-state index in [4.69, 9.17) is 0 Å². The number of anilines is 2. The van der Waals surface area contributed by atoms with Gasteiger partial charge in [0, 0.05) is 23.9 Å². The van der Waals surface area contributed by atoms with Gasteiger partial charge >= 0.3 is 0 Å². The number of carbonyl (C=O) groups is 3. The van der Waals surface area contributed by atoms with Gasteiger partial charge in [0.25, 0.3) is 0 Å². The van der Waals surface area contributed by atoms with Crippen LogP contribution >= 0.6 is 0 Å². The first-order valence-corrected chi connectivity index (χ1v) is 9.93. The lowest BCUT2D eigenvalue weighted by Gasteiger charge is -2.24. The van der Waals surface area contributed by atoms with E-state index in [0.29, 0.717) is 11.3 Å². The molecule has 154 valence electrons. The normalized spacial score (nSPS) is 10.9. The lowest BCUT2D eigenvalue weighted by molar-refractivity contribution is -0.120. The van der Waals surface area contributed by atoms with Gasteiger partial charge in [-0.15, -0.1) is 0 Å². The van der Waals surface area contributed by atoms with Crippen LogP contribution in [0.25, 0.3) is 0 Å². The Morgan fingerprint density at radius 2 is 1.45 bits per heavy atom. The van der Waals surface area contributed by atoms with E-state index in [-0.39, 0.29) is 36.0 Å². The molecule has 0 fully saturated rings. The highest BCUT2D eigenvalue weighted by Crippen LogP contribution is 2.32. The van der Waals surface area contributed by atoms with Gasteiger partial charge in [-0.2, -0.15) is 0 Å². The average molecular weight is 395 g/mol. The van der Waals surface area contributed by atoms with Gasteiger partial charge in [-0.25, -0.2) is 0 Å². The van der Waals surface area contributed by atoms with Crippen molar-refractivity contribution >= 4 is 29.0 Å². The summed E-state index contributed by atoms with van der Waals surface area (Å²) in [5, 5.41) is 3.03. The highest BCUT2D eigenvalue weighted by molar-refractivity contribution is 6.03. The molecule has 0 aliphatic rings. The maximum atomic E-state index is 12.9. The number of hydrogen-bond donors (Lipinski definition) is 1. The summed E-state index contributed by atoms with van der Waals surface area (Å²) in [7, 11) is 0. The quantitative estimate of drug-likeness (QED) is 0.662. The average Bonchev–Trinajstić information content (AvgIpc) is 2.65. The molecule has 0 unspecified atom stereocenters. The number of ketones is 1. The molecular weight excluding hydrogens is 364 g/mol. The summed E-state index contributed by atoms with van der Waals surface area (Å²) in [6, 6.07) is 12.8. The first kappa shape index (κ1) is 22.3. The molecule has 0 saturated heterocycles. The number of amides is 2. The molecule has 2 aromatic rings. The van der Waals surface area contributed by atoms with Gasteiger partial charge < -0.3 is 10.2 Å². The summed E-state index contributed by atoms with van der Waals surface area (Å²) in [6.45, 7) is 11.1. The number of benzene rings is 2. The lowest BCUT2D eigenvalue weighted by Crippen LogP contribution is -2.37. The molecule has 0 spiro atoms. The Hall–Kier alpha value is -2.95. The third-order valence-corrected chi connectivity index (χ3v) is 4.88. The minimum absolute atomic E-state index is 0.0905. The molecule has 2 aromatic carbocycles. The molecule has 0 bridgehead atoms. The summed E-state index contributed by atoms with van der Waals surface area (Å²) < 4.78 is 0. The van der Waals surface area contributed by atoms with E-state index in [1.54, 1.807) is 24.3 Å². The third kappa shape index (κ3) is 5.53. The molecule has 5 heteroatoms. The molecule has 0 heterocycles. The van der Waals surface area contributed by atoms with Crippen LogP contribution in [0.1, 0.15) is 74.9 Å². The van der Waals surface area contributed by atoms with Crippen molar-refractivity contribution in [3.63, 3.8) is 0 Å². The first-order valence-electron chi connectivity index (χ1n) is 9.93. The van der Waals surface area contributed by atoms with E-state index in [9.17, 15) is 14.4 Å². The summed E-state index contributed by atoms with van der Waals surface area (Å²) in [4.78, 5) is 38.2. The zero-order valence-corrected chi connectivity index (χ0v) is 18.1. The van der Waals surface area contributed by atoms with Gasteiger partial charge in [-0.05, 0) is 42.0 Å². The number of Topliss-reactive ketones (excluding diaryl/α,β-unsaturated/α-hetero) is 1. The van der Waals surface area contributed by atoms with Crippen LogP contribution in [0.2, 0.25) is 0 Å². The molecule has 1 N–H and O–H groups in total. The molecule has 2 amide bonds. The van der Waals surface area contributed by atoms with Crippen LogP contribution in [0.3, 0.4) is 0 Å². The standard InChI is InChI=1S/C24H30N2O3/c1-15(2)21-11-8-12-22(16(3)4)24(21)25-23(29)14-26(18(6)28)20-10-7-9-19(13-20)17(5)27/h7-13,15-16H,14H2,1-6H3,(H,25,29). The van der Waals surface area contributed by atoms with Crippen LogP contribution in [0, 0.1) is 0 Å². The van der Waals surface area contributed by atoms with E-state index in [0.717, 1.165) is 16.8 Å². The molecule has 0 atom stereocenters. The first-order chi connectivity index (χ1) is 13.6. The van der Waals surface area contributed by atoms with E-state index in [1.807, 2.05) is 18.2 Å². The second-order valence-corrected chi connectivity index (χ2v) is 7.88. The van der Waals surface area contributed by atoms with Gasteiger partial charge in [0.15, 0.2) is 5.78 Å². The summed E-state index contributed by atoms with van der Waals surface area (Å²) in [5.74, 6) is -0.127. The van der Waals surface area contributed by atoms with Crippen LogP contribution in [-0.2, 0) is 9.59 Å². The summed E-state index contributed by atoms with van der Waals surface area (Å²) in [6.07, 6.45) is 0. The van der Waals surface area contributed by atoms with Crippen molar-refractivity contribution in [2.45, 2.75) is 53.4 Å². The monoisotopic (exact) mass is 394 g/mol. The Morgan fingerprint density at radius 3 is 1.93 bits per heavy atom. The third-order valence-electron chi connectivity index (χ3n) is 4.88. The van der Waals surface area contributed by atoms with Crippen LogP contribution < -0.4 is 10.2 Å². The Bertz CT molecular complexity index is 890. The zero-order valence-electron chi connectivity index (χ0n) is 18.1. The Balaban J connectivity index is 2.32. The fraction of sp³-hybridized carbons (Fsp3) is 0.375. The Kier molecular flexibility index (Phi) is 7.32.